The summed E-state index contributed by atoms with van der Waals surface area (Å²) in [5, 5.41) is 4.05. The molecule has 0 saturated carbocycles. The molecular weight excluding hydrogens is 304 g/mol. The Labute approximate surface area is 129 Å². The second-order valence-electron chi connectivity index (χ2n) is 4.92. The van der Waals surface area contributed by atoms with E-state index in [0.717, 1.165) is 5.56 Å². The van der Waals surface area contributed by atoms with Crippen molar-refractivity contribution in [1.82, 2.24) is 19.4 Å². The number of carbonyl (C=O) groups excluding carboxylic acids is 1. The first-order valence-electron chi connectivity index (χ1n) is 6.60. The summed E-state index contributed by atoms with van der Waals surface area (Å²) in [6.45, 7) is 0.434. The second kappa shape index (κ2) is 6.29. The molecule has 1 amide bonds. The fraction of sp³-hybridized carbons (Fsp3) is 0.286. The molecule has 0 bridgehead atoms. The minimum absolute atomic E-state index is 0.126. The van der Waals surface area contributed by atoms with Crippen LogP contribution in [0.2, 0.25) is 0 Å². The highest BCUT2D eigenvalue weighted by atomic mass is 32.2. The third kappa shape index (κ3) is 3.52. The Balaban J connectivity index is 2.12. The van der Waals surface area contributed by atoms with Crippen molar-refractivity contribution in [2.75, 3.05) is 14.1 Å². The van der Waals surface area contributed by atoms with Crippen LogP contribution < -0.4 is 4.72 Å². The van der Waals surface area contributed by atoms with Crippen molar-refractivity contribution in [3.05, 3.63) is 47.8 Å². The van der Waals surface area contributed by atoms with E-state index < -0.39 is 10.0 Å². The summed E-state index contributed by atoms with van der Waals surface area (Å²) in [5.74, 6) is -0.183. The number of hydrogen-bond donors (Lipinski definition) is 1. The van der Waals surface area contributed by atoms with Gasteiger partial charge < -0.3 is 4.90 Å². The molecule has 1 aromatic heterocycles. The Morgan fingerprint density at radius 1 is 1.32 bits per heavy atom. The van der Waals surface area contributed by atoms with Gasteiger partial charge in [0.15, 0.2) is 0 Å². The number of nitrogens with zero attached hydrogens (tertiary/aromatic N) is 3. The van der Waals surface area contributed by atoms with Crippen molar-refractivity contribution in [1.29, 1.82) is 0 Å². The van der Waals surface area contributed by atoms with Gasteiger partial charge in [0.1, 0.15) is 0 Å². The van der Waals surface area contributed by atoms with Crippen LogP contribution in [0.3, 0.4) is 0 Å². The molecule has 2 rings (SSSR count). The lowest BCUT2D eigenvalue weighted by Gasteiger charge is -2.16. The second-order valence-corrected chi connectivity index (χ2v) is 6.80. The first-order chi connectivity index (χ1) is 10.3. The van der Waals surface area contributed by atoms with Gasteiger partial charge in [-0.25, -0.2) is 13.1 Å². The average Bonchev–Trinajstić information content (AvgIpc) is 2.91. The van der Waals surface area contributed by atoms with Crippen LogP contribution in [0.1, 0.15) is 15.9 Å². The molecule has 7 nitrogen and oxygen atoms in total. The van der Waals surface area contributed by atoms with Gasteiger partial charge in [0.05, 0.1) is 11.1 Å². The van der Waals surface area contributed by atoms with Gasteiger partial charge in [-0.15, -0.1) is 0 Å². The van der Waals surface area contributed by atoms with Gasteiger partial charge in [0.2, 0.25) is 10.0 Å². The first-order valence-corrected chi connectivity index (χ1v) is 8.08. The maximum absolute atomic E-state index is 12.3. The molecule has 8 heteroatoms. The average molecular weight is 322 g/mol. The number of carbonyl (C=O) groups is 1. The van der Waals surface area contributed by atoms with E-state index in [1.54, 1.807) is 22.8 Å². The van der Waals surface area contributed by atoms with Crippen LogP contribution in [0.4, 0.5) is 0 Å². The zero-order chi connectivity index (χ0) is 16.3. The number of hydrogen-bond acceptors (Lipinski definition) is 4. The third-order valence-electron chi connectivity index (χ3n) is 3.21. The number of aryl methyl sites for hydroxylation is 1. The zero-order valence-corrected chi connectivity index (χ0v) is 13.5. The lowest BCUT2D eigenvalue weighted by molar-refractivity contribution is 0.0785. The first kappa shape index (κ1) is 16.2. The van der Waals surface area contributed by atoms with E-state index in [9.17, 15) is 13.2 Å². The summed E-state index contributed by atoms with van der Waals surface area (Å²) in [5.41, 5.74) is 1.36. The van der Waals surface area contributed by atoms with Crippen LogP contribution in [-0.2, 0) is 23.6 Å². The van der Waals surface area contributed by atoms with Crippen LogP contribution in [0.5, 0.6) is 0 Å². The van der Waals surface area contributed by atoms with E-state index in [1.165, 1.54) is 31.3 Å². The number of amides is 1. The molecule has 0 unspecified atom stereocenters. The highest BCUT2D eigenvalue weighted by molar-refractivity contribution is 7.89. The summed E-state index contributed by atoms with van der Waals surface area (Å²) < 4.78 is 27.2. The number of benzene rings is 1. The number of aromatic nitrogens is 2. The zero-order valence-electron chi connectivity index (χ0n) is 12.6. The van der Waals surface area contributed by atoms with E-state index in [2.05, 4.69) is 9.82 Å². The molecule has 0 aliphatic heterocycles. The highest BCUT2D eigenvalue weighted by Crippen LogP contribution is 2.12. The molecule has 0 saturated heterocycles. The van der Waals surface area contributed by atoms with Crippen LogP contribution in [0, 0.1) is 0 Å². The predicted molar refractivity (Wildman–Crippen MR) is 81.7 cm³/mol. The molecule has 118 valence electrons. The predicted octanol–water partition coefficient (Wildman–Crippen LogP) is 0.600. The van der Waals surface area contributed by atoms with Crippen molar-refractivity contribution in [3.63, 3.8) is 0 Å². The smallest absolute Gasteiger partial charge is 0.253 e. The van der Waals surface area contributed by atoms with Crippen LogP contribution in [-0.4, -0.2) is 43.1 Å². The SMILES string of the molecule is CNS(=O)(=O)c1ccc(C(=O)N(C)Cc2cnn(C)c2)cc1. The summed E-state index contributed by atoms with van der Waals surface area (Å²) >= 11 is 0. The van der Waals surface area contributed by atoms with Crippen molar-refractivity contribution < 1.29 is 13.2 Å². The van der Waals surface area contributed by atoms with Crippen molar-refractivity contribution in [2.45, 2.75) is 11.4 Å². The summed E-state index contributed by atoms with van der Waals surface area (Å²) in [6, 6.07) is 5.84. The highest BCUT2D eigenvalue weighted by Gasteiger charge is 2.15. The fourth-order valence-electron chi connectivity index (χ4n) is 2.01. The molecule has 1 aromatic carbocycles. The van der Waals surface area contributed by atoms with E-state index >= 15 is 0 Å². The Hall–Kier alpha value is -2.19. The van der Waals surface area contributed by atoms with Gasteiger partial charge in [-0.3, -0.25) is 9.48 Å². The molecular formula is C14H18N4O3S. The largest absolute Gasteiger partial charge is 0.337 e. The van der Waals surface area contributed by atoms with Crippen molar-refractivity contribution >= 4 is 15.9 Å². The van der Waals surface area contributed by atoms with Crippen molar-refractivity contribution in [3.8, 4) is 0 Å². The van der Waals surface area contributed by atoms with Gasteiger partial charge in [-0.1, -0.05) is 0 Å². The molecule has 22 heavy (non-hydrogen) atoms. The molecule has 0 spiro atoms. The topological polar surface area (TPSA) is 84.3 Å². The maximum atomic E-state index is 12.3. The van der Waals surface area contributed by atoms with E-state index in [-0.39, 0.29) is 10.8 Å². The number of sulfonamides is 1. The molecule has 0 atom stereocenters. The van der Waals surface area contributed by atoms with Gasteiger partial charge >= 0.3 is 0 Å². The van der Waals surface area contributed by atoms with E-state index in [0.29, 0.717) is 12.1 Å². The number of rotatable bonds is 5. The quantitative estimate of drug-likeness (QED) is 0.874. The minimum Gasteiger partial charge on any atom is -0.337 e. The van der Waals surface area contributed by atoms with Gasteiger partial charge in [-0.05, 0) is 31.3 Å². The summed E-state index contributed by atoms with van der Waals surface area (Å²) in [4.78, 5) is 14.0. The molecule has 0 aliphatic carbocycles. The molecule has 1 heterocycles. The Bertz CT molecular complexity index is 766. The minimum atomic E-state index is -3.49. The summed E-state index contributed by atoms with van der Waals surface area (Å²) in [7, 11) is 1.35. The lowest BCUT2D eigenvalue weighted by atomic mass is 10.2. The molecule has 0 aliphatic rings. The Morgan fingerprint density at radius 3 is 2.45 bits per heavy atom. The standard InChI is InChI=1S/C14H18N4O3S/c1-15-22(20,21)13-6-4-12(5-7-13)14(19)17(2)9-11-8-16-18(3)10-11/h4-8,10,15H,9H2,1-3H3. The van der Waals surface area contributed by atoms with Crippen LogP contribution >= 0.6 is 0 Å². The van der Waals surface area contributed by atoms with Gasteiger partial charge in [0, 0.05) is 38.0 Å². The maximum Gasteiger partial charge on any atom is 0.253 e. The molecule has 1 N–H and O–H groups in total. The normalized spacial score (nSPS) is 11.4. The van der Waals surface area contributed by atoms with Gasteiger partial charge in [-0.2, -0.15) is 5.10 Å². The van der Waals surface area contributed by atoms with E-state index in [4.69, 9.17) is 0 Å². The Morgan fingerprint density at radius 2 is 1.95 bits per heavy atom. The summed E-state index contributed by atoms with van der Waals surface area (Å²) in [6.07, 6.45) is 3.54. The molecule has 0 fully saturated rings. The molecule has 2 aromatic rings. The number of nitrogens with one attached hydrogen (secondary N) is 1. The van der Waals surface area contributed by atoms with Crippen LogP contribution in [0.25, 0.3) is 0 Å². The van der Waals surface area contributed by atoms with Crippen molar-refractivity contribution in [2.24, 2.45) is 7.05 Å². The van der Waals surface area contributed by atoms with Gasteiger partial charge in [0.25, 0.3) is 5.91 Å². The fourth-order valence-corrected chi connectivity index (χ4v) is 2.74. The molecule has 0 radical (unpaired) electrons. The Kier molecular flexibility index (Phi) is 4.62. The van der Waals surface area contributed by atoms with Crippen LogP contribution in [0.15, 0.2) is 41.6 Å². The third-order valence-corrected chi connectivity index (χ3v) is 4.64. The van der Waals surface area contributed by atoms with E-state index in [1.807, 2.05) is 13.2 Å². The lowest BCUT2D eigenvalue weighted by Crippen LogP contribution is -2.26. The monoisotopic (exact) mass is 322 g/mol.